The lowest BCUT2D eigenvalue weighted by Crippen LogP contribution is -2.40. The molecule has 0 atom stereocenters. The highest BCUT2D eigenvalue weighted by Gasteiger charge is 2.33. The van der Waals surface area contributed by atoms with Gasteiger partial charge in [0.1, 0.15) is 0 Å². The van der Waals surface area contributed by atoms with Crippen molar-refractivity contribution in [2.24, 2.45) is 0 Å². The van der Waals surface area contributed by atoms with Crippen LogP contribution in [-0.2, 0) is 4.74 Å². The number of aryl methyl sites for hydroxylation is 1. The molecule has 1 N–H and O–H groups in total. The molecule has 0 aliphatic carbocycles. The molecule has 8 nitrogen and oxygen atoms in total. The first-order valence-electron chi connectivity index (χ1n) is 11.6. The summed E-state index contributed by atoms with van der Waals surface area (Å²) in [6, 6.07) is 16.4. The normalized spacial score (nSPS) is 12.7. The van der Waals surface area contributed by atoms with Crippen LogP contribution in [0.2, 0.25) is 0 Å². The van der Waals surface area contributed by atoms with Crippen LogP contribution in [0.3, 0.4) is 0 Å². The molecule has 1 aromatic heterocycles. The van der Waals surface area contributed by atoms with Gasteiger partial charge in [-0.2, -0.15) is 0 Å². The molecule has 0 saturated heterocycles. The number of aromatic amines is 1. The Bertz CT molecular complexity index is 1590. The highest BCUT2D eigenvalue weighted by molar-refractivity contribution is 6.35. The first-order chi connectivity index (χ1) is 17.7. The molecule has 0 unspecified atom stereocenters. The van der Waals surface area contributed by atoms with Gasteiger partial charge in [0.2, 0.25) is 5.78 Å². The van der Waals surface area contributed by atoms with Crippen LogP contribution in [-0.4, -0.2) is 40.9 Å². The Balaban J connectivity index is 1.32. The summed E-state index contributed by atoms with van der Waals surface area (Å²) in [5, 5.41) is 1.44. The van der Waals surface area contributed by atoms with Crippen LogP contribution in [0.1, 0.15) is 70.1 Å². The molecule has 0 bridgehead atoms. The van der Waals surface area contributed by atoms with Crippen molar-refractivity contribution in [1.29, 1.82) is 0 Å². The molecule has 1 aliphatic rings. The molecule has 0 fully saturated rings. The molecule has 2 amide bonds. The monoisotopic (exact) mass is 494 g/mol. The average Bonchev–Trinajstić information content (AvgIpc) is 3.19. The Morgan fingerprint density at radius 3 is 2.00 bits per heavy atom. The number of ketones is 2. The Morgan fingerprint density at radius 1 is 0.865 bits per heavy atom. The molecule has 0 saturated carbocycles. The summed E-state index contributed by atoms with van der Waals surface area (Å²) in [5.74, 6) is -2.25. The fraction of sp³-hybridized carbons (Fsp3) is 0.138. The van der Waals surface area contributed by atoms with E-state index in [1.165, 1.54) is 31.2 Å². The van der Waals surface area contributed by atoms with Gasteiger partial charge in [0.25, 0.3) is 11.8 Å². The number of aromatic nitrogens is 1. The maximum absolute atomic E-state index is 13.2. The van der Waals surface area contributed by atoms with E-state index in [0.717, 1.165) is 10.3 Å². The van der Waals surface area contributed by atoms with Crippen LogP contribution < -0.4 is 4.90 Å². The second-order valence-electron chi connectivity index (χ2n) is 8.88. The summed E-state index contributed by atoms with van der Waals surface area (Å²) in [6.45, 7) is 4.27. The van der Waals surface area contributed by atoms with Crippen molar-refractivity contribution in [1.82, 2.24) is 4.98 Å². The van der Waals surface area contributed by atoms with Crippen molar-refractivity contribution in [3.05, 3.63) is 99.9 Å². The van der Waals surface area contributed by atoms with E-state index < -0.39 is 30.2 Å². The number of H-pyrrole nitrogens is 1. The minimum absolute atomic E-state index is 0.153. The number of anilines is 1. The van der Waals surface area contributed by atoms with Crippen LogP contribution in [0.4, 0.5) is 5.69 Å². The van der Waals surface area contributed by atoms with Crippen LogP contribution in [0.15, 0.2) is 60.7 Å². The van der Waals surface area contributed by atoms with Gasteiger partial charge >= 0.3 is 5.97 Å². The molecule has 2 heterocycles. The number of nitrogens with one attached hydrogen (secondary N) is 1. The van der Waals surface area contributed by atoms with E-state index in [4.69, 9.17) is 4.74 Å². The van der Waals surface area contributed by atoms with Crippen molar-refractivity contribution in [2.75, 3.05) is 11.5 Å². The van der Waals surface area contributed by atoms with Crippen molar-refractivity contribution >= 4 is 45.8 Å². The number of ether oxygens (including phenoxy) is 1. The Labute approximate surface area is 211 Å². The zero-order valence-electron chi connectivity index (χ0n) is 20.4. The summed E-state index contributed by atoms with van der Waals surface area (Å²) < 4.78 is 5.18. The Morgan fingerprint density at radius 2 is 1.46 bits per heavy atom. The van der Waals surface area contributed by atoms with Gasteiger partial charge in [0.15, 0.2) is 12.4 Å². The molecular weight excluding hydrogens is 472 g/mol. The third-order valence-electron chi connectivity index (χ3n) is 6.54. The largest absolute Gasteiger partial charge is 0.454 e. The third-order valence-corrected chi connectivity index (χ3v) is 6.54. The number of nitrogens with zero attached hydrogens (tertiary/aromatic N) is 1. The molecule has 0 radical (unpaired) electrons. The molecule has 5 rings (SSSR count). The maximum Gasteiger partial charge on any atom is 0.338 e. The number of imide groups is 1. The summed E-state index contributed by atoms with van der Waals surface area (Å²) in [6.07, 6.45) is 0. The first-order valence-corrected chi connectivity index (χ1v) is 11.6. The number of hydrogen-bond acceptors (Lipinski definition) is 6. The standard InChI is InChI=1S/C29H22N2O6/c1-15-24(17(3)32)16(2)30-26(15)23(33)14-37-29(36)19-10-12-20(13-11-19)31-27(34)21-8-4-6-18-7-5-9-22(25(18)21)28(31)35/h4-13,30H,14H2,1-3H3. The van der Waals surface area contributed by atoms with Crippen LogP contribution in [0.5, 0.6) is 0 Å². The highest BCUT2D eigenvalue weighted by atomic mass is 16.5. The molecule has 4 aromatic rings. The average molecular weight is 495 g/mol. The molecule has 37 heavy (non-hydrogen) atoms. The number of esters is 1. The molecule has 3 aromatic carbocycles. The van der Waals surface area contributed by atoms with Gasteiger partial charge < -0.3 is 9.72 Å². The van der Waals surface area contributed by atoms with E-state index in [-0.39, 0.29) is 17.0 Å². The zero-order valence-corrected chi connectivity index (χ0v) is 20.4. The van der Waals surface area contributed by atoms with Gasteiger partial charge in [-0.05, 0) is 68.1 Å². The lowest BCUT2D eigenvalue weighted by molar-refractivity contribution is 0.0473. The van der Waals surface area contributed by atoms with Crippen LogP contribution >= 0.6 is 0 Å². The van der Waals surface area contributed by atoms with E-state index in [9.17, 15) is 24.0 Å². The quantitative estimate of drug-likeness (QED) is 0.233. The number of carbonyl (C=O) groups is 5. The molecular formula is C29H22N2O6. The van der Waals surface area contributed by atoms with Crippen LogP contribution in [0.25, 0.3) is 10.8 Å². The second kappa shape index (κ2) is 8.98. The lowest BCUT2D eigenvalue weighted by atomic mass is 9.94. The zero-order chi connectivity index (χ0) is 26.4. The predicted octanol–water partition coefficient (Wildman–Crippen LogP) is 4.83. The number of hydrogen-bond donors (Lipinski definition) is 1. The number of amides is 2. The van der Waals surface area contributed by atoms with Crippen LogP contribution in [0, 0.1) is 13.8 Å². The van der Waals surface area contributed by atoms with E-state index in [1.807, 2.05) is 12.1 Å². The van der Waals surface area contributed by atoms with Gasteiger partial charge in [-0.3, -0.25) is 19.2 Å². The Hall–Kier alpha value is -4.85. The number of benzene rings is 3. The summed E-state index contributed by atoms with van der Waals surface area (Å²) in [4.78, 5) is 67.3. The Kier molecular flexibility index (Phi) is 5.79. The first kappa shape index (κ1) is 23.9. The summed E-state index contributed by atoms with van der Waals surface area (Å²) in [5.41, 5.74) is 3.09. The SMILES string of the molecule is CC(=O)c1c(C)[nH]c(C(=O)COC(=O)c2ccc(N3C(=O)c4cccc5cccc(c45)C3=O)cc2)c1C. The van der Waals surface area contributed by atoms with Crippen molar-refractivity contribution in [3.8, 4) is 0 Å². The van der Waals surface area contributed by atoms with E-state index in [1.54, 1.807) is 38.1 Å². The van der Waals surface area contributed by atoms with Gasteiger partial charge in [-0.1, -0.05) is 24.3 Å². The fourth-order valence-electron chi connectivity index (χ4n) is 4.86. The molecule has 184 valence electrons. The topological polar surface area (TPSA) is 114 Å². The van der Waals surface area contributed by atoms with E-state index >= 15 is 0 Å². The summed E-state index contributed by atoms with van der Waals surface area (Å²) >= 11 is 0. The highest BCUT2D eigenvalue weighted by Crippen LogP contribution is 2.32. The smallest absolute Gasteiger partial charge is 0.338 e. The minimum atomic E-state index is -0.737. The predicted molar refractivity (Wildman–Crippen MR) is 136 cm³/mol. The minimum Gasteiger partial charge on any atom is -0.454 e. The van der Waals surface area contributed by atoms with E-state index in [2.05, 4.69) is 4.98 Å². The second-order valence-corrected chi connectivity index (χ2v) is 8.88. The fourth-order valence-corrected chi connectivity index (χ4v) is 4.86. The van der Waals surface area contributed by atoms with Crippen molar-refractivity contribution in [3.63, 3.8) is 0 Å². The van der Waals surface area contributed by atoms with Gasteiger partial charge in [-0.25, -0.2) is 9.69 Å². The number of rotatable bonds is 6. The van der Waals surface area contributed by atoms with Gasteiger partial charge in [-0.15, -0.1) is 0 Å². The molecule has 8 heteroatoms. The summed E-state index contributed by atoms with van der Waals surface area (Å²) in [7, 11) is 0. The third kappa shape index (κ3) is 3.92. The van der Waals surface area contributed by atoms with E-state index in [0.29, 0.717) is 39.0 Å². The number of Topliss-reactive ketones (excluding diaryl/α,β-unsaturated/α-hetero) is 2. The molecule has 1 aliphatic heterocycles. The maximum atomic E-state index is 13.2. The van der Waals surface area contributed by atoms with Gasteiger partial charge in [0.05, 0.1) is 16.9 Å². The number of carbonyl (C=O) groups excluding carboxylic acids is 5. The lowest BCUT2D eigenvalue weighted by Gasteiger charge is -2.27. The van der Waals surface area contributed by atoms with Crippen molar-refractivity contribution < 1.29 is 28.7 Å². The van der Waals surface area contributed by atoms with Crippen molar-refractivity contribution in [2.45, 2.75) is 20.8 Å². The van der Waals surface area contributed by atoms with Gasteiger partial charge in [0, 0.05) is 27.8 Å². The molecule has 0 spiro atoms.